The summed E-state index contributed by atoms with van der Waals surface area (Å²) in [7, 11) is 0. The van der Waals surface area contributed by atoms with Gasteiger partial charge in [-0.25, -0.2) is 5.84 Å². The minimum atomic E-state index is -0.795. The van der Waals surface area contributed by atoms with Crippen molar-refractivity contribution in [2.75, 3.05) is 12.8 Å². The lowest BCUT2D eigenvalue weighted by Crippen LogP contribution is -2.45. The second kappa shape index (κ2) is 3.97. The van der Waals surface area contributed by atoms with Crippen molar-refractivity contribution in [2.24, 2.45) is 5.84 Å². The van der Waals surface area contributed by atoms with Crippen molar-refractivity contribution in [3.05, 3.63) is 0 Å². The van der Waals surface area contributed by atoms with Crippen molar-refractivity contribution < 1.29 is 9.59 Å². The van der Waals surface area contributed by atoms with Crippen molar-refractivity contribution in [1.29, 1.82) is 0 Å². The van der Waals surface area contributed by atoms with Crippen LogP contribution in [0.3, 0.4) is 0 Å². The summed E-state index contributed by atoms with van der Waals surface area (Å²) < 4.78 is 0.171. The Balaban J connectivity index is 2.26. The minimum Gasteiger partial charge on any atom is -0.346 e. The van der Waals surface area contributed by atoms with Crippen molar-refractivity contribution >= 4 is 23.6 Å². The highest BCUT2D eigenvalue weighted by molar-refractivity contribution is 8.00. The number of thioether (sulfide) groups is 1. The summed E-state index contributed by atoms with van der Waals surface area (Å²) in [6.45, 7) is 0.542. The minimum absolute atomic E-state index is 0.171. The van der Waals surface area contributed by atoms with E-state index >= 15 is 0 Å². The molecule has 0 heterocycles. The van der Waals surface area contributed by atoms with Gasteiger partial charge in [0.2, 0.25) is 0 Å². The summed E-state index contributed by atoms with van der Waals surface area (Å²) >= 11 is 1.72. The molecule has 0 aliphatic heterocycles. The molecule has 0 unspecified atom stereocenters. The van der Waals surface area contributed by atoms with Gasteiger partial charge in [0.1, 0.15) is 0 Å². The summed E-state index contributed by atoms with van der Waals surface area (Å²) in [6.07, 6.45) is 4.19. The summed E-state index contributed by atoms with van der Waals surface area (Å²) in [5, 5.41) is 2.54. The maximum atomic E-state index is 11.0. The molecule has 0 radical (unpaired) electrons. The molecule has 1 rings (SSSR count). The van der Waals surface area contributed by atoms with Gasteiger partial charge in [-0.15, -0.1) is 0 Å². The Morgan fingerprint density at radius 1 is 1.46 bits per heavy atom. The first-order valence-corrected chi connectivity index (χ1v) is 5.20. The smallest absolute Gasteiger partial charge is 0.323 e. The molecule has 0 saturated heterocycles. The zero-order chi connectivity index (χ0) is 9.90. The van der Waals surface area contributed by atoms with Crippen LogP contribution in [0, 0.1) is 0 Å². The molecule has 0 aromatic carbocycles. The summed E-state index contributed by atoms with van der Waals surface area (Å²) in [4.78, 5) is 21.6. The van der Waals surface area contributed by atoms with Crippen LogP contribution in [-0.4, -0.2) is 29.4 Å². The molecule has 5 nitrogen and oxygen atoms in total. The number of rotatable bonds is 3. The van der Waals surface area contributed by atoms with E-state index in [4.69, 9.17) is 5.84 Å². The Kier molecular flexibility index (Phi) is 3.16. The van der Waals surface area contributed by atoms with Gasteiger partial charge in [-0.05, 0) is 19.1 Å². The Morgan fingerprint density at radius 3 is 2.46 bits per heavy atom. The molecule has 1 aliphatic rings. The molecule has 13 heavy (non-hydrogen) atoms. The molecule has 1 aliphatic carbocycles. The number of carbonyl (C=O) groups is 2. The summed E-state index contributed by atoms with van der Waals surface area (Å²) in [6, 6.07) is 0. The third kappa shape index (κ3) is 2.60. The van der Waals surface area contributed by atoms with Crippen molar-refractivity contribution in [1.82, 2.24) is 10.7 Å². The Bertz CT molecular complexity index is 228. The molecule has 0 atom stereocenters. The molecule has 2 amide bonds. The fourth-order valence-corrected chi connectivity index (χ4v) is 1.71. The first-order chi connectivity index (χ1) is 6.13. The largest absolute Gasteiger partial charge is 0.346 e. The number of amides is 2. The van der Waals surface area contributed by atoms with Gasteiger partial charge >= 0.3 is 11.8 Å². The SMILES string of the molecule is CSC1(CNC(=O)C(=O)NN)CC1. The number of hydrogen-bond acceptors (Lipinski definition) is 4. The van der Waals surface area contributed by atoms with Gasteiger partial charge in [-0.2, -0.15) is 11.8 Å². The van der Waals surface area contributed by atoms with Crippen LogP contribution in [0.2, 0.25) is 0 Å². The molecular formula is C7H13N3O2S. The Labute approximate surface area is 80.8 Å². The number of hydrazine groups is 1. The fourth-order valence-electron chi connectivity index (χ4n) is 0.980. The van der Waals surface area contributed by atoms with E-state index in [9.17, 15) is 9.59 Å². The first-order valence-electron chi connectivity index (χ1n) is 3.97. The molecule has 1 saturated carbocycles. The van der Waals surface area contributed by atoms with Crippen LogP contribution in [0.15, 0.2) is 0 Å². The average Bonchev–Trinajstić information content (AvgIpc) is 2.93. The number of hydrogen-bond donors (Lipinski definition) is 3. The Morgan fingerprint density at radius 2 is 2.08 bits per heavy atom. The maximum Gasteiger partial charge on any atom is 0.323 e. The molecular weight excluding hydrogens is 190 g/mol. The van der Waals surface area contributed by atoms with Crippen LogP contribution in [0.5, 0.6) is 0 Å². The van der Waals surface area contributed by atoms with E-state index in [1.165, 1.54) is 0 Å². The highest BCUT2D eigenvalue weighted by Crippen LogP contribution is 2.46. The van der Waals surface area contributed by atoms with Crippen LogP contribution in [0.4, 0.5) is 0 Å². The number of nitrogens with two attached hydrogens (primary N) is 1. The molecule has 0 spiro atoms. The lowest BCUT2D eigenvalue weighted by molar-refractivity contribution is -0.139. The van der Waals surface area contributed by atoms with Crippen LogP contribution in [-0.2, 0) is 9.59 Å². The normalized spacial score (nSPS) is 17.7. The fraction of sp³-hybridized carbons (Fsp3) is 0.714. The second-order valence-corrected chi connectivity index (χ2v) is 4.32. The average molecular weight is 203 g/mol. The third-order valence-electron chi connectivity index (χ3n) is 2.15. The summed E-state index contributed by atoms with van der Waals surface area (Å²) in [5.74, 6) is 3.34. The zero-order valence-corrected chi connectivity index (χ0v) is 8.24. The van der Waals surface area contributed by atoms with Gasteiger partial charge in [0, 0.05) is 11.3 Å². The van der Waals surface area contributed by atoms with Crippen LogP contribution in [0.1, 0.15) is 12.8 Å². The lowest BCUT2D eigenvalue weighted by Gasteiger charge is -2.11. The quantitative estimate of drug-likeness (QED) is 0.237. The van der Waals surface area contributed by atoms with Crippen molar-refractivity contribution in [3.63, 3.8) is 0 Å². The maximum absolute atomic E-state index is 11.0. The van der Waals surface area contributed by atoms with E-state index in [-0.39, 0.29) is 4.75 Å². The molecule has 6 heteroatoms. The van der Waals surface area contributed by atoms with E-state index in [1.807, 2.05) is 6.26 Å². The van der Waals surface area contributed by atoms with Gasteiger partial charge in [0.25, 0.3) is 0 Å². The molecule has 4 N–H and O–H groups in total. The predicted octanol–water partition coefficient (Wildman–Crippen LogP) is -1.01. The van der Waals surface area contributed by atoms with E-state index in [0.717, 1.165) is 12.8 Å². The van der Waals surface area contributed by atoms with Crippen molar-refractivity contribution in [2.45, 2.75) is 17.6 Å². The van der Waals surface area contributed by atoms with Gasteiger partial charge in [-0.3, -0.25) is 15.0 Å². The third-order valence-corrected chi connectivity index (χ3v) is 3.57. The van der Waals surface area contributed by atoms with Crippen LogP contribution >= 0.6 is 11.8 Å². The molecule has 1 fully saturated rings. The highest BCUT2D eigenvalue weighted by atomic mass is 32.2. The topological polar surface area (TPSA) is 84.2 Å². The molecule has 0 aromatic rings. The molecule has 74 valence electrons. The van der Waals surface area contributed by atoms with E-state index in [0.29, 0.717) is 6.54 Å². The monoisotopic (exact) mass is 203 g/mol. The second-order valence-electron chi connectivity index (χ2n) is 3.04. The standard InChI is InChI=1S/C7H13N3O2S/c1-13-7(2-3-7)4-9-5(11)6(12)10-8/h2-4,8H2,1H3,(H,9,11)(H,10,12). The molecule has 0 bridgehead atoms. The van der Waals surface area contributed by atoms with E-state index in [1.54, 1.807) is 17.2 Å². The first kappa shape index (κ1) is 10.3. The number of carbonyl (C=O) groups excluding carboxylic acids is 2. The van der Waals surface area contributed by atoms with Crippen molar-refractivity contribution in [3.8, 4) is 0 Å². The number of nitrogens with one attached hydrogen (secondary N) is 2. The van der Waals surface area contributed by atoms with Gasteiger partial charge in [0.15, 0.2) is 0 Å². The predicted molar refractivity (Wildman–Crippen MR) is 50.8 cm³/mol. The van der Waals surface area contributed by atoms with Gasteiger partial charge in [0.05, 0.1) is 0 Å². The Hall–Kier alpha value is -0.750. The highest BCUT2D eigenvalue weighted by Gasteiger charge is 2.42. The zero-order valence-electron chi connectivity index (χ0n) is 7.42. The van der Waals surface area contributed by atoms with Crippen LogP contribution in [0.25, 0.3) is 0 Å². The van der Waals surface area contributed by atoms with Gasteiger partial charge in [-0.1, -0.05) is 0 Å². The van der Waals surface area contributed by atoms with Crippen LogP contribution < -0.4 is 16.6 Å². The summed E-state index contributed by atoms with van der Waals surface area (Å²) in [5.41, 5.74) is 1.78. The van der Waals surface area contributed by atoms with E-state index in [2.05, 4.69) is 5.32 Å². The van der Waals surface area contributed by atoms with E-state index < -0.39 is 11.8 Å². The van der Waals surface area contributed by atoms with Gasteiger partial charge < -0.3 is 5.32 Å². The lowest BCUT2D eigenvalue weighted by atomic mass is 10.4. The molecule has 0 aromatic heterocycles.